The second-order valence-corrected chi connectivity index (χ2v) is 7.32. The lowest BCUT2D eigenvalue weighted by atomic mass is 10.2. The molecule has 30 heavy (non-hydrogen) atoms. The molecular weight excluding hydrogens is 382 g/mol. The lowest BCUT2D eigenvalue weighted by Crippen LogP contribution is -2.46. The third-order valence-corrected chi connectivity index (χ3v) is 5.36. The van der Waals surface area contributed by atoms with E-state index in [1.54, 1.807) is 19.3 Å². The minimum atomic E-state index is -0.183. The van der Waals surface area contributed by atoms with Crippen molar-refractivity contribution in [2.75, 3.05) is 38.1 Å². The average Bonchev–Trinajstić information content (AvgIpc) is 2.78. The molecule has 4 rings (SSSR count). The number of carbonyl (C=O) groups excluding carboxylic acids is 1. The topological polar surface area (TPSA) is 107 Å². The van der Waals surface area contributed by atoms with Crippen molar-refractivity contribution in [1.82, 2.24) is 30.2 Å². The molecule has 1 fully saturated rings. The van der Waals surface area contributed by atoms with E-state index >= 15 is 0 Å². The molecule has 0 saturated carbocycles. The van der Waals surface area contributed by atoms with Gasteiger partial charge in [0.05, 0.1) is 17.4 Å². The molecule has 1 aliphatic rings. The van der Waals surface area contributed by atoms with Gasteiger partial charge in [0.15, 0.2) is 5.65 Å². The second kappa shape index (κ2) is 8.58. The number of amides is 1. The third kappa shape index (κ3) is 4.16. The van der Waals surface area contributed by atoms with Crippen LogP contribution >= 0.6 is 0 Å². The molecule has 0 atom stereocenters. The molecule has 156 valence electrons. The zero-order valence-electron chi connectivity index (χ0n) is 17.2. The fourth-order valence-corrected chi connectivity index (χ4v) is 3.64. The summed E-state index contributed by atoms with van der Waals surface area (Å²) < 4.78 is 0. The van der Waals surface area contributed by atoms with E-state index in [9.17, 15) is 9.59 Å². The summed E-state index contributed by atoms with van der Waals surface area (Å²) in [5.41, 5.74) is 4.11. The number of hydrogen-bond donors (Lipinski definition) is 2. The van der Waals surface area contributed by atoms with Crippen LogP contribution in [0.2, 0.25) is 0 Å². The molecule has 3 aromatic rings. The van der Waals surface area contributed by atoms with Gasteiger partial charge in [-0.05, 0) is 30.2 Å². The van der Waals surface area contributed by atoms with Gasteiger partial charge < -0.3 is 15.2 Å². The summed E-state index contributed by atoms with van der Waals surface area (Å²) in [7, 11) is 1.60. The minimum Gasteiger partial charge on any atom is -0.368 e. The first-order valence-electron chi connectivity index (χ1n) is 10.1. The van der Waals surface area contributed by atoms with Gasteiger partial charge in [-0.15, -0.1) is 0 Å². The van der Waals surface area contributed by atoms with Crippen LogP contribution < -0.4 is 15.8 Å². The number of aryl methyl sites for hydroxylation is 1. The third-order valence-electron chi connectivity index (χ3n) is 5.36. The van der Waals surface area contributed by atoms with E-state index in [4.69, 9.17) is 0 Å². The summed E-state index contributed by atoms with van der Waals surface area (Å²) in [4.78, 5) is 44.2. The number of anilines is 1. The first-order chi connectivity index (χ1) is 14.6. The summed E-state index contributed by atoms with van der Waals surface area (Å²) in [6.07, 6.45) is 4.17. The van der Waals surface area contributed by atoms with Crippen LogP contribution in [0, 0.1) is 0 Å². The molecule has 1 saturated heterocycles. The summed E-state index contributed by atoms with van der Waals surface area (Å²) >= 11 is 0. The van der Waals surface area contributed by atoms with Crippen molar-refractivity contribution < 1.29 is 4.79 Å². The van der Waals surface area contributed by atoms with Crippen LogP contribution in [0.3, 0.4) is 0 Å². The molecule has 0 radical (unpaired) electrons. The quantitative estimate of drug-likeness (QED) is 0.649. The molecule has 1 amide bonds. The first-order valence-corrected chi connectivity index (χ1v) is 10.1. The van der Waals surface area contributed by atoms with Crippen LogP contribution in [0.4, 0.5) is 5.69 Å². The summed E-state index contributed by atoms with van der Waals surface area (Å²) in [6, 6.07) is 5.65. The fourth-order valence-electron chi connectivity index (χ4n) is 3.64. The lowest BCUT2D eigenvalue weighted by Gasteiger charge is -2.36. The van der Waals surface area contributed by atoms with Crippen molar-refractivity contribution in [3.63, 3.8) is 0 Å². The lowest BCUT2D eigenvalue weighted by molar-refractivity contribution is 0.0958. The molecule has 3 aromatic heterocycles. The molecule has 0 aromatic carbocycles. The number of piperazine rings is 1. The Labute approximate surface area is 174 Å². The number of carbonyl (C=O) groups is 1. The van der Waals surface area contributed by atoms with Crippen molar-refractivity contribution in [3.05, 3.63) is 57.9 Å². The van der Waals surface area contributed by atoms with Crippen molar-refractivity contribution >= 4 is 22.8 Å². The highest BCUT2D eigenvalue weighted by molar-refractivity contribution is 5.92. The maximum atomic E-state index is 12.0. The largest absolute Gasteiger partial charge is 0.368 e. The van der Waals surface area contributed by atoms with Gasteiger partial charge in [0.25, 0.3) is 11.5 Å². The highest BCUT2D eigenvalue weighted by atomic mass is 16.1. The molecule has 9 heteroatoms. The molecular formula is C21H25N7O2. The van der Waals surface area contributed by atoms with Gasteiger partial charge in [-0.2, -0.15) is 0 Å². The Morgan fingerprint density at radius 2 is 1.97 bits per heavy atom. The second-order valence-electron chi connectivity index (χ2n) is 7.32. The van der Waals surface area contributed by atoms with E-state index in [2.05, 4.69) is 35.1 Å². The number of aromatic nitrogens is 4. The monoisotopic (exact) mass is 407 g/mol. The number of nitrogens with one attached hydrogen (secondary N) is 2. The van der Waals surface area contributed by atoms with E-state index in [0.717, 1.165) is 44.0 Å². The Hall–Kier alpha value is -3.33. The number of H-pyrrole nitrogens is 1. The van der Waals surface area contributed by atoms with E-state index in [-0.39, 0.29) is 11.5 Å². The van der Waals surface area contributed by atoms with E-state index in [1.165, 1.54) is 0 Å². The Balaban J connectivity index is 1.38. The zero-order valence-corrected chi connectivity index (χ0v) is 17.2. The Morgan fingerprint density at radius 3 is 2.63 bits per heavy atom. The molecule has 2 N–H and O–H groups in total. The summed E-state index contributed by atoms with van der Waals surface area (Å²) in [5, 5.41) is 2.58. The highest BCUT2D eigenvalue weighted by Crippen LogP contribution is 2.17. The SMILES string of the molecule is CCc1nc2ncc(CN3CCN(c4ccc(C(=O)NC)nc4)CC3)cc2[nH]c1=O. The van der Waals surface area contributed by atoms with E-state index in [1.807, 2.05) is 25.3 Å². The summed E-state index contributed by atoms with van der Waals surface area (Å²) in [6.45, 7) is 6.23. The number of nitrogens with zero attached hydrogens (tertiary/aromatic N) is 5. The van der Waals surface area contributed by atoms with Gasteiger partial charge >= 0.3 is 0 Å². The predicted octanol–water partition coefficient (Wildman–Crippen LogP) is 0.957. The standard InChI is InChI=1S/C21H25N7O2/c1-3-16-21(30)26-18-10-14(11-24-19(18)25-16)13-27-6-8-28(9-7-27)15-4-5-17(23-12-15)20(29)22-2/h4-5,10-12H,3,6-9,13H2,1-2H3,(H,22,29)(H,26,30). The molecule has 0 aliphatic carbocycles. The van der Waals surface area contributed by atoms with Crippen LogP contribution in [0.25, 0.3) is 11.2 Å². The minimum absolute atomic E-state index is 0.145. The first kappa shape index (κ1) is 20.0. The van der Waals surface area contributed by atoms with Gasteiger partial charge in [-0.3, -0.25) is 14.5 Å². The Morgan fingerprint density at radius 1 is 1.17 bits per heavy atom. The maximum absolute atomic E-state index is 12.0. The van der Waals surface area contributed by atoms with Gasteiger partial charge in [0.1, 0.15) is 11.4 Å². The maximum Gasteiger partial charge on any atom is 0.270 e. The molecule has 0 unspecified atom stereocenters. The van der Waals surface area contributed by atoms with Crippen molar-refractivity contribution in [1.29, 1.82) is 0 Å². The normalized spacial score (nSPS) is 14.8. The number of fused-ring (bicyclic) bond motifs is 1. The predicted molar refractivity (Wildman–Crippen MR) is 115 cm³/mol. The molecule has 4 heterocycles. The zero-order chi connectivity index (χ0) is 21.1. The molecule has 1 aliphatic heterocycles. The van der Waals surface area contributed by atoms with Crippen LogP contribution in [0.5, 0.6) is 0 Å². The van der Waals surface area contributed by atoms with Crippen molar-refractivity contribution in [2.45, 2.75) is 19.9 Å². The van der Waals surface area contributed by atoms with E-state index < -0.39 is 0 Å². The van der Waals surface area contributed by atoms with Crippen LogP contribution in [0.15, 0.2) is 35.4 Å². The number of hydrogen-bond acceptors (Lipinski definition) is 7. The van der Waals surface area contributed by atoms with Gasteiger partial charge in [-0.25, -0.2) is 15.0 Å². The Kier molecular flexibility index (Phi) is 5.71. The molecule has 0 spiro atoms. The number of rotatable bonds is 5. The van der Waals surface area contributed by atoms with Crippen LogP contribution in [-0.4, -0.2) is 64.0 Å². The fraction of sp³-hybridized carbons (Fsp3) is 0.381. The van der Waals surface area contributed by atoms with Gasteiger partial charge in [0.2, 0.25) is 0 Å². The smallest absolute Gasteiger partial charge is 0.270 e. The molecule has 0 bridgehead atoms. The van der Waals surface area contributed by atoms with E-state index in [0.29, 0.717) is 29.0 Å². The number of aromatic amines is 1. The van der Waals surface area contributed by atoms with Crippen molar-refractivity contribution in [2.24, 2.45) is 0 Å². The van der Waals surface area contributed by atoms with Crippen LogP contribution in [0.1, 0.15) is 28.7 Å². The van der Waals surface area contributed by atoms with Crippen molar-refractivity contribution in [3.8, 4) is 0 Å². The van der Waals surface area contributed by atoms with Gasteiger partial charge in [0, 0.05) is 46.0 Å². The number of pyridine rings is 2. The Bertz CT molecular complexity index is 1100. The van der Waals surface area contributed by atoms with Gasteiger partial charge in [-0.1, -0.05) is 6.92 Å². The van der Waals surface area contributed by atoms with Crippen LogP contribution in [-0.2, 0) is 13.0 Å². The average molecular weight is 407 g/mol. The highest BCUT2D eigenvalue weighted by Gasteiger charge is 2.18. The summed E-state index contributed by atoms with van der Waals surface area (Å²) in [5.74, 6) is -0.183. The molecule has 9 nitrogen and oxygen atoms in total.